The highest BCUT2D eigenvalue weighted by molar-refractivity contribution is 7.87. The van der Waals surface area contributed by atoms with E-state index >= 15 is 0 Å². The summed E-state index contributed by atoms with van der Waals surface area (Å²) in [6.45, 7) is 3.41. The molecule has 2 aromatic rings. The fourth-order valence-electron chi connectivity index (χ4n) is 2.66. The summed E-state index contributed by atoms with van der Waals surface area (Å²) in [5, 5.41) is 7.91. The highest BCUT2D eigenvalue weighted by atomic mass is 32.2. The highest BCUT2D eigenvalue weighted by Crippen LogP contribution is 2.18. The van der Waals surface area contributed by atoms with Gasteiger partial charge < -0.3 is 0 Å². The Bertz CT molecular complexity index is 736. The van der Waals surface area contributed by atoms with Gasteiger partial charge in [0.2, 0.25) is 0 Å². The maximum atomic E-state index is 12.4. The Morgan fingerprint density at radius 2 is 1.91 bits per heavy atom. The predicted molar refractivity (Wildman–Crippen MR) is 87.1 cm³/mol. The van der Waals surface area contributed by atoms with Crippen LogP contribution >= 0.6 is 0 Å². The van der Waals surface area contributed by atoms with Gasteiger partial charge in [0.05, 0.1) is 6.54 Å². The van der Waals surface area contributed by atoms with Gasteiger partial charge in [-0.25, -0.2) is 0 Å². The fourth-order valence-corrected chi connectivity index (χ4v) is 3.84. The molecule has 0 radical (unpaired) electrons. The first-order chi connectivity index (χ1) is 11.1. The molecule has 0 atom stereocenters. The quantitative estimate of drug-likeness (QED) is 0.894. The minimum atomic E-state index is -3.48. The van der Waals surface area contributed by atoms with Crippen LogP contribution in [-0.4, -0.2) is 40.6 Å². The molecule has 1 saturated heterocycles. The van der Waals surface area contributed by atoms with E-state index < -0.39 is 10.2 Å². The Morgan fingerprint density at radius 3 is 2.61 bits per heavy atom. The van der Waals surface area contributed by atoms with E-state index in [1.807, 2.05) is 30.3 Å². The van der Waals surface area contributed by atoms with Gasteiger partial charge in [-0.1, -0.05) is 25.1 Å². The van der Waals surface area contributed by atoms with E-state index in [-0.39, 0.29) is 6.54 Å². The first-order valence-electron chi connectivity index (χ1n) is 7.75. The molecule has 1 aromatic heterocycles. The zero-order chi connectivity index (χ0) is 16.3. The lowest BCUT2D eigenvalue weighted by Crippen LogP contribution is -2.44. The van der Waals surface area contributed by atoms with Crippen molar-refractivity contribution in [1.29, 1.82) is 0 Å². The van der Waals surface area contributed by atoms with Gasteiger partial charge in [0, 0.05) is 18.8 Å². The van der Waals surface area contributed by atoms with Gasteiger partial charge in [-0.2, -0.15) is 17.4 Å². The van der Waals surface area contributed by atoms with Crippen molar-refractivity contribution in [2.45, 2.75) is 26.3 Å². The molecule has 124 valence electrons. The minimum absolute atomic E-state index is 0.114. The number of hydrogen-bond acceptors (Lipinski definition) is 4. The van der Waals surface area contributed by atoms with Gasteiger partial charge in [0.1, 0.15) is 6.33 Å². The highest BCUT2D eigenvalue weighted by Gasteiger charge is 2.26. The van der Waals surface area contributed by atoms with Crippen LogP contribution in [0.3, 0.4) is 0 Å². The van der Waals surface area contributed by atoms with Gasteiger partial charge >= 0.3 is 0 Å². The number of nitrogens with zero attached hydrogens (tertiary/aromatic N) is 4. The SMILES string of the molecule is CC1CCN(S(=O)(=O)NCc2nncn2-c2ccccc2)CC1. The number of benzene rings is 1. The smallest absolute Gasteiger partial charge is 0.279 e. The maximum Gasteiger partial charge on any atom is 0.279 e. The molecule has 1 aliphatic heterocycles. The lowest BCUT2D eigenvalue weighted by Gasteiger charge is -2.29. The minimum Gasteiger partial charge on any atom is -0.285 e. The summed E-state index contributed by atoms with van der Waals surface area (Å²) >= 11 is 0. The molecular formula is C15H21N5O2S. The van der Waals surface area contributed by atoms with Crippen molar-refractivity contribution in [3.8, 4) is 5.69 Å². The molecule has 0 aliphatic carbocycles. The molecule has 0 unspecified atom stereocenters. The number of hydrogen-bond donors (Lipinski definition) is 1. The molecular weight excluding hydrogens is 314 g/mol. The van der Waals surface area contributed by atoms with Crippen LogP contribution in [0.1, 0.15) is 25.6 Å². The topological polar surface area (TPSA) is 80.1 Å². The second kappa shape index (κ2) is 6.77. The van der Waals surface area contributed by atoms with Crippen LogP contribution < -0.4 is 4.72 Å². The Hall–Kier alpha value is -1.77. The standard InChI is InChI=1S/C15H21N5O2S/c1-13-7-9-19(10-8-13)23(21,22)17-11-15-18-16-12-20(15)14-5-3-2-4-6-14/h2-6,12-13,17H,7-11H2,1H3. The largest absolute Gasteiger partial charge is 0.285 e. The molecule has 0 spiro atoms. The predicted octanol–water partition coefficient (Wildman–Crippen LogP) is 1.33. The summed E-state index contributed by atoms with van der Waals surface area (Å²) in [7, 11) is -3.48. The molecule has 0 bridgehead atoms. The summed E-state index contributed by atoms with van der Waals surface area (Å²) < 4.78 is 30.7. The van der Waals surface area contributed by atoms with Crippen molar-refractivity contribution < 1.29 is 8.42 Å². The fraction of sp³-hybridized carbons (Fsp3) is 0.467. The number of nitrogens with one attached hydrogen (secondary N) is 1. The van der Waals surface area contributed by atoms with Crippen molar-refractivity contribution in [1.82, 2.24) is 23.8 Å². The van der Waals surface area contributed by atoms with Crippen molar-refractivity contribution in [2.24, 2.45) is 5.92 Å². The van der Waals surface area contributed by atoms with Crippen LogP contribution in [-0.2, 0) is 16.8 Å². The van der Waals surface area contributed by atoms with E-state index in [2.05, 4.69) is 21.8 Å². The van der Waals surface area contributed by atoms with Crippen molar-refractivity contribution in [3.63, 3.8) is 0 Å². The van der Waals surface area contributed by atoms with E-state index in [0.717, 1.165) is 18.5 Å². The Balaban J connectivity index is 1.68. The van der Waals surface area contributed by atoms with E-state index in [1.165, 1.54) is 4.31 Å². The second-order valence-corrected chi connectivity index (χ2v) is 7.62. The number of para-hydroxylation sites is 1. The first kappa shape index (κ1) is 16.1. The molecule has 0 saturated carbocycles. The molecule has 1 fully saturated rings. The first-order valence-corrected chi connectivity index (χ1v) is 9.19. The maximum absolute atomic E-state index is 12.4. The summed E-state index contributed by atoms with van der Waals surface area (Å²) in [5.41, 5.74) is 0.901. The molecule has 2 heterocycles. The Labute approximate surface area is 136 Å². The monoisotopic (exact) mass is 335 g/mol. The van der Waals surface area contributed by atoms with E-state index in [9.17, 15) is 8.42 Å². The average molecular weight is 335 g/mol. The zero-order valence-electron chi connectivity index (χ0n) is 13.1. The molecule has 8 heteroatoms. The van der Waals surface area contributed by atoms with Crippen molar-refractivity contribution in [3.05, 3.63) is 42.5 Å². The third-order valence-corrected chi connectivity index (χ3v) is 5.70. The second-order valence-electron chi connectivity index (χ2n) is 5.86. The summed E-state index contributed by atoms with van der Waals surface area (Å²) in [6, 6.07) is 9.60. The van der Waals surface area contributed by atoms with E-state index in [0.29, 0.717) is 24.8 Å². The molecule has 0 amide bonds. The lowest BCUT2D eigenvalue weighted by molar-refractivity contribution is 0.285. The third kappa shape index (κ3) is 3.77. The van der Waals surface area contributed by atoms with Crippen LogP contribution in [0.25, 0.3) is 5.69 Å². The third-order valence-electron chi connectivity index (χ3n) is 4.15. The van der Waals surface area contributed by atoms with Crippen LogP contribution in [0.4, 0.5) is 0 Å². The van der Waals surface area contributed by atoms with Gasteiger partial charge in [0.15, 0.2) is 5.82 Å². The zero-order valence-corrected chi connectivity index (χ0v) is 13.9. The Kier molecular flexibility index (Phi) is 4.74. The lowest BCUT2D eigenvalue weighted by atomic mass is 10.0. The molecule has 7 nitrogen and oxygen atoms in total. The van der Waals surface area contributed by atoms with Gasteiger partial charge in [0.25, 0.3) is 10.2 Å². The van der Waals surface area contributed by atoms with Gasteiger partial charge in [-0.3, -0.25) is 4.57 Å². The molecule has 1 aromatic carbocycles. The summed E-state index contributed by atoms with van der Waals surface area (Å²) in [5.74, 6) is 1.15. The molecule has 23 heavy (non-hydrogen) atoms. The van der Waals surface area contributed by atoms with Gasteiger partial charge in [-0.15, -0.1) is 10.2 Å². The van der Waals surface area contributed by atoms with Crippen molar-refractivity contribution >= 4 is 10.2 Å². The van der Waals surface area contributed by atoms with Crippen LogP contribution in [0, 0.1) is 5.92 Å². The van der Waals surface area contributed by atoms with E-state index in [1.54, 1.807) is 10.9 Å². The van der Waals surface area contributed by atoms with E-state index in [4.69, 9.17) is 0 Å². The van der Waals surface area contributed by atoms with Crippen LogP contribution in [0.2, 0.25) is 0 Å². The molecule has 3 rings (SSSR count). The average Bonchev–Trinajstić information content (AvgIpc) is 3.03. The van der Waals surface area contributed by atoms with Gasteiger partial charge in [-0.05, 0) is 30.9 Å². The van der Waals surface area contributed by atoms with Crippen LogP contribution in [0.5, 0.6) is 0 Å². The van der Waals surface area contributed by atoms with Crippen molar-refractivity contribution in [2.75, 3.05) is 13.1 Å². The number of piperidine rings is 1. The Morgan fingerprint density at radius 1 is 1.22 bits per heavy atom. The molecule has 1 aliphatic rings. The summed E-state index contributed by atoms with van der Waals surface area (Å²) in [4.78, 5) is 0. The molecule has 1 N–H and O–H groups in total. The summed E-state index contributed by atoms with van der Waals surface area (Å²) in [6.07, 6.45) is 3.39. The normalized spacial score (nSPS) is 17.4. The number of aromatic nitrogens is 3. The van der Waals surface area contributed by atoms with Crippen LogP contribution in [0.15, 0.2) is 36.7 Å². The number of rotatable bonds is 5.